The van der Waals surface area contributed by atoms with Crippen LogP contribution in [0.5, 0.6) is 0 Å². The molecule has 1 fully saturated rings. The first kappa shape index (κ1) is 15.2. The Morgan fingerprint density at radius 2 is 1.78 bits per heavy atom. The van der Waals surface area contributed by atoms with Crippen LogP contribution in [-0.4, -0.2) is 41.4 Å². The summed E-state index contributed by atoms with van der Waals surface area (Å²) in [5.74, 6) is -3.14. The smallest absolute Gasteiger partial charge is 0.381 e. The van der Waals surface area contributed by atoms with Gasteiger partial charge in [0, 0.05) is 12.6 Å². The molecule has 2 amide bonds. The highest BCUT2D eigenvalue weighted by atomic mass is 19.4. The van der Waals surface area contributed by atoms with Crippen LogP contribution in [0.2, 0.25) is 0 Å². The van der Waals surface area contributed by atoms with Crippen molar-refractivity contribution in [1.82, 2.24) is 4.90 Å². The van der Waals surface area contributed by atoms with Crippen molar-refractivity contribution < 1.29 is 32.4 Å². The summed E-state index contributed by atoms with van der Waals surface area (Å²) in [7, 11) is 1.26. The van der Waals surface area contributed by atoms with E-state index in [4.69, 9.17) is 4.84 Å². The average molecular weight is 326 g/mol. The van der Waals surface area contributed by atoms with Crippen LogP contribution in [0.15, 0.2) is 29.4 Å². The van der Waals surface area contributed by atoms with Crippen molar-refractivity contribution in [1.29, 1.82) is 0 Å². The largest absolute Gasteiger partial charge is 0.416 e. The number of carbonyl (C=O) groups is 3. The number of likely N-dealkylation sites (N-methyl/N-ethyl adjacent to an activating group) is 1. The first-order valence-corrected chi connectivity index (χ1v) is 6.49. The van der Waals surface area contributed by atoms with E-state index in [1.807, 2.05) is 0 Å². The van der Waals surface area contributed by atoms with Gasteiger partial charge in [-0.3, -0.25) is 19.3 Å². The van der Waals surface area contributed by atoms with Gasteiger partial charge in [-0.05, 0) is 12.1 Å². The lowest BCUT2D eigenvalue weighted by atomic mass is 9.93. The maximum Gasteiger partial charge on any atom is 0.416 e. The summed E-state index contributed by atoms with van der Waals surface area (Å²) in [5.41, 5.74) is -1.25. The normalized spacial score (nSPS) is 23.7. The van der Waals surface area contributed by atoms with E-state index in [-0.39, 0.29) is 11.3 Å². The van der Waals surface area contributed by atoms with Crippen molar-refractivity contribution in [3.05, 3.63) is 35.4 Å². The molecule has 2 unspecified atom stereocenters. The first-order chi connectivity index (χ1) is 10.7. The maximum atomic E-state index is 12.5. The zero-order chi connectivity index (χ0) is 16.9. The Kier molecular flexibility index (Phi) is 3.24. The molecule has 0 radical (unpaired) electrons. The molecule has 1 aromatic carbocycles. The molecule has 9 heteroatoms. The Hall–Kier alpha value is -2.71. The van der Waals surface area contributed by atoms with E-state index in [1.165, 1.54) is 7.05 Å². The van der Waals surface area contributed by atoms with E-state index in [0.717, 1.165) is 29.2 Å². The summed E-state index contributed by atoms with van der Waals surface area (Å²) in [4.78, 5) is 41.7. The highest BCUT2D eigenvalue weighted by Gasteiger charge is 2.55. The molecule has 0 saturated carbocycles. The Bertz CT molecular complexity index is 739. The second kappa shape index (κ2) is 4.90. The molecule has 6 nitrogen and oxygen atoms in total. The summed E-state index contributed by atoms with van der Waals surface area (Å²) in [6.45, 7) is 0. The number of halogens is 3. The number of hydrogen-bond donors (Lipinski definition) is 0. The van der Waals surface area contributed by atoms with Crippen LogP contribution in [0.3, 0.4) is 0 Å². The Morgan fingerprint density at radius 3 is 2.35 bits per heavy atom. The standard InChI is InChI=1S/C14H9F3N2O4/c1-19-12(21)8-9(18-23-11(8)13(19)22)10(20)6-2-4-7(5-3-6)14(15,16)17/h2-5,8,11H,1H3. The van der Waals surface area contributed by atoms with Gasteiger partial charge < -0.3 is 4.84 Å². The van der Waals surface area contributed by atoms with Gasteiger partial charge in [-0.1, -0.05) is 17.3 Å². The van der Waals surface area contributed by atoms with Crippen molar-refractivity contribution >= 4 is 23.3 Å². The van der Waals surface area contributed by atoms with E-state index in [2.05, 4.69) is 5.16 Å². The van der Waals surface area contributed by atoms with E-state index in [1.54, 1.807) is 0 Å². The van der Waals surface area contributed by atoms with Crippen LogP contribution >= 0.6 is 0 Å². The van der Waals surface area contributed by atoms with Crippen molar-refractivity contribution in [2.24, 2.45) is 11.1 Å². The Morgan fingerprint density at radius 1 is 1.17 bits per heavy atom. The zero-order valence-electron chi connectivity index (χ0n) is 11.6. The number of Topliss-reactive ketones (excluding diaryl/α,β-unsaturated/α-hetero) is 1. The van der Waals surface area contributed by atoms with Gasteiger partial charge in [0.1, 0.15) is 11.6 Å². The summed E-state index contributed by atoms with van der Waals surface area (Å²) in [6, 6.07) is 3.50. The summed E-state index contributed by atoms with van der Waals surface area (Å²) in [5, 5.41) is 3.48. The predicted octanol–water partition coefficient (Wildman–Crippen LogP) is 1.26. The summed E-state index contributed by atoms with van der Waals surface area (Å²) >= 11 is 0. The molecule has 120 valence electrons. The molecule has 2 atom stereocenters. The van der Waals surface area contributed by atoms with Gasteiger partial charge >= 0.3 is 6.18 Å². The van der Waals surface area contributed by atoms with Gasteiger partial charge in [-0.25, -0.2) is 0 Å². The molecular formula is C14H9F3N2O4. The van der Waals surface area contributed by atoms with Gasteiger partial charge in [0.05, 0.1) is 5.56 Å². The van der Waals surface area contributed by atoms with Crippen LogP contribution < -0.4 is 0 Å². The lowest BCUT2D eigenvalue weighted by molar-refractivity contribution is -0.140. The number of ketones is 1. The number of alkyl halides is 3. The number of oxime groups is 1. The fourth-order valence-electron chi connectivity index (χ4n) is 2.46. The molecule has 23 heavy (non-hydrogen) atoms. The van der Waals surface area contributed by atoms with E-state index >= 15 is 0 Å². The van der Waals surface area contributed by atoms with Crippen LogP contribution in [0.1, 0.15) is 15.9 Å². The van der Waals surface area contributed by atoms with Crippen LogP contribution in [0.4, 0.5) is 13.2 Å². The SMILES string of the molecule is CN1C(=O)C2ON=C(C(=O)c3ccc(C(F)(F)F)cc3)C2C1=O. The number of fused-ring (bicyclic) bond motifs is 1. The molecule has 0 bridgehead atoms. The first-order valence-electron chi connectivity index (χ1n) is 6.49. The van der Waals surface area contributed by atoms with E-state index < -0.39 is 41.4 Å². The van der Waals surface area contributed by atoms with E-state index in [0.29, 0.717) is 0 Å². The number of amides is 2. The third-order valence-electron chi connectivity index (χ3n) is 3.74. The number of carbonyl (C=O) groups excluding carboxylic acids is 3. The molecule has 0 N–H and O–H groups in total. The van der Waals surface area contributed by atoms with Gasteiger partial charge in [0.15, 0.2) is 0 Å². The third kappa shape index (κ3) is 2.28. The predicted molar refractivity (Wildman–Crippen MR) is 69.3 cm³/mol. The quantitative estimate of drug-likeness (QED) is 0.606. The number of imide groups is 1. The minimum Gasteiger partial charge on any atom is -0.381 e. The van der Waals surface area contributed by atoms with Crippen molar-refractivity contribution in [2.45, 2.75) is 12.3 Å². The third-order valence-corrected chi connectivity index (χ3v) is 3.74. The lowest BCUT2D eigenvalue weighted by Gasteiger charge is -2.09. The fraction of sp³-hybridized carbons (Fsp3) is 0.286. The van der Waals surface area contributed by atoms with Gasteiger partial charge in [-0.2, -0.15) is 13.2 Å². The molecule has 1 saturated heterocycles. The number of hydrogen-bond acceptors (Lipinski definition) is 5. The molecule has 1 aromatic rings. The molecule has 0 aromatic heterocycles. The number of benzene rings is 1. The topological polar surface area (TPSA) is 76.0 Å². The fourth-order valence-corrected chi connectivity index (χ4v) is 2.46. The monoisotopic (exact) mass is 326 g/mol. The van der Waals surface area contributed by atoms with Crippen molar-refractivity contribution in [3.63, 3.8) is 0 Å². The Labute approximate surface area is 127 Å². The van der Waals surface area contributed by atoms with Crippen LogP contribution in [-0.2, 0) is 20.6 Å². The van der Waals surface area contributed by atoms with Gasteiger partial charge in [-0.15, -0.1) is 0 Å². The Balaban J connectivity index is 1.87. The molecule has 0 spiro atoms. The maximum absolute atomic E-state index is 12.5. The molecule has 2 heterocycles. The second-order valence-electron chi connectivity index (χ2n) is 5.12. The number of nitrogens with zero attached hydrogens (tertiary/aromatic N) is 2. The average Bonchev–Trinajstić information content (AvgIpc) is 3.03. The molecule has 2 aliphatic rings. The van der Waals surface area contributed by atoms with Crippen molar-refractivity contribution in [3.8, 4) is 0 Å². The van der Waals surface area contributed by atoms with Gasteiger partial charge in [0.2, 0.25) is 17.8 Å². The lowest BCUT2D eigenvalue weighted by Crippen LogP contribution is -2.32. The molecule has 3 rings (SSSR count). The van der Waals surface area contributed by atoms with Crippen LogP contribution in [0, 0.1) is 5.92 Å². The van der Waals surface area contributed by atoms with E-state index in [9.17, 15) is 27.6 Å². The minimum atomic E-state index is -4.52. The van der Waals surface area contributed by atoms with Crippen molar-refractivity contribution in [2.75, 3.05) is 7.05 Å². The second-order valence-corrected chi connectivity index (χ2v) is 5.12. The number of likely N-dealkylation sites (tertiary alicyclic amines) is 1. The highest BCUT2D eigenvalue weighted by Crippen LogP contribution is 2.31. The molecule has 2 aliphatic heterocycles. The van der Waals surface area contributed by atoms with Crippen LogP contribution in [0.25, 0.3) is 0 Å². The zero-order valence-corrected chi connectivity index (χ0v) is 11.6. The summed E-state index contributed by atoms with van der Waals surface area (Å²) < 4.78 is 37.6. The van der Waals surface area contributed by atoms with Gasteiger partial charge in [0.25, 0.3) is 5.91 Å². The minimum absolute atomic E-state index is 0.0733. The summed E-state index contributed by atoms with van der Waals surface area (Å²) in [6.07, 6.45) is -5.70. The molecule has 0 aliphatic carbocycles. The number of rotatable bonds is 2. The molecular weight excluding hydrogens is 317 g/mol. The highest BCUT2D eigenvalue weighted by molar-refractivity contribution is 6.51.